The van der Waals surface area contributed by atoms with Crippen LogP contribution < -0.4 is 0 Å². The monoisotopic (exact) mass is 330 g/mol. The summed E-state index contributed by atoms with van der Waals surface area (Å²) in [6, 6.07) is 1.69. The summed E-state index contributed by atoms with van der Waals surface area (Å²) in [6.07, 6.45) is 0. The normalized spacial score (nSPS) is 8.29. The van der Waals surface area contributed by atoms with E-state index in [-0.39, 0.29) is 59.1 Å². The van der Waals surface area contributed by atoms with Crippen LogP contribution in [0, 0.1) is 0 Å². The van der Waals surface area contributed by atoms with Gasteiger partial charge in [0.25, 0.3) is 0 Å². The molecule has 0 saturated carbocycles. The molecule has 4 N–H and O–H groups in total. The van der Waals surface area contributed by atoms with Gasteiger partial charge in [-0.1, -0.05) is 0 Å². The van der Waals surface area contributed by atoms with Gasteiger partial charge in [0.15, 0.2) is 17.2 Å². The summed E-state index contributed by atoms with van der Waals surface area (Å²) in [5, 5.41) is 35.0. The Hall–Kier alpha value is -0.409. The molecule has 0 fully saturated rings. The van der Waals surface area contributed by atoms with E-state index >= 15 is 0 Å². The number of phenolic OH excluding ortho intramolecular Hbond substituents is 3. The molecule has 0 atom stereocenters. The third-order valence-electron chi connectivity index (χ3n) is 1.32. The van der Waals surface area contributed by atoms with Gasteiger partial charge in [-0.15, -0.1) is 0 Å². The fraction of sp³-hybridized carbons (Fsp3) is 0. The molecular weight excluding hydrogens is 320 g/mol. The van der Waals surface area contributed by atoms with Crippen molar-refractivity contribution in [3.8, 4) is 17.2 Å². The molecule has 7 heteroatoms. The fourth-order valence-electron chi connectivity index (χ4n) is 0.728. The van der Waals surface area contributed by atoms with E-state index in [0.717, 1.165) is 12.1 Å². The summed E-state index contributed by atoms with van der Waals surface area (Å²) in [5.74, 6) is -3.33. The van der Waals surface area contributed by atoms with Gasteiger partial charge in [-0.25, -0.2) is 4.79 Å². The fourth-order valence-corrected chi connectivity index (χ4v) is 0.728. The molecule has 1 aromatic carbocycles. The summed E-state index contributed by atoms with van der Waals surface area (Å²) >= 11 is 0. The zero-order valence-electron chi connectivity index (χ0n) is 6.26. The summed E-state index contributed by atoms with van der Waals surface area (Å²) in [7, 11) is 0. The third kappa shape index (κ3) is 3.39. The Kier molecular flexibility index (Phi) is 7.04. The second-order valence-corrected chi connectivity index (χ2v) is 2.17. The van der Waals surface area contributed by atoms with Gasteiger partial charge >= 0.3 is 54.9 Å². The number of hydrogen-bond acceptors (Lipinski definition) is 4. The Bertz CT molecular complexity index is 318. The van der Waals surface area contributed by atoms with Crippen molar-refractivity contribution in [1.29, 1.82) is 0 Å². The third-order valence-corrected chi connectivity index (χ3v) is 1.32. The molecule has 1 rings (SSSR count). The quantitative estimate of drug-likeness (QED) is 0.420. The number of rotatable bonds is 1. The Labute approximate surface area is 118 Å². The number of hydrogen-bond donors (Lipinski definition) is 4. The van der Waals surface area contributed by atoms with E-state index in [1.165, 1.54) is 0 Å². The Balaban J connectivity index is 0. The van der Waals surface area contributed by atoms with Gasteiger partial charge in [0.2, 0.25) is 0 Å². The van der Waals surface area contributed by atoms with Crippen LogP contribution in [0.25, 0.3) is 0 Å². The van der Waals surface area contributed by atoms with Crippen molar-refractivity contribution >= 4 is 54.9 Å². The second-order valence-electron chi connectivity index (χ2n) is 2.17. The summed E-state index contributed by atoms with van der Waals surface area (Å²) in [5.41, 5.74) is -0.289. The molecule has 0 aliphatic rings. The molecule has 0 radical (unpaired) electrons. The first-order valence-corrected chi connectivity index (χ1v) is 3.00. The van der Waals surface area contributed by atoms with Gasteiger partial charge < -0.3 is 20.4 Å². The van der Waals surface area contributed by atoms with Crippen LogP contribution in [0.2, 0.25) is 0 Å². The van der Waals surface area contributed by atoms with Crippen LogP contribution in [-0.4, -0.2) is 75.3 Å². The molecule has 0 saturated heterocycles. The average Bonchev–Trinajstić information content (AvgIpc) is 1.99. The number of halogens is 1. The molecule has 0 amide bonds. The molecule has 0 heterocycles. The van der Waals surface area contributed by atoms with Crippen molar-refractivity contribution in [1.82, 2.24) is 0 Å². The van der Waals surface area contributed by atoms with Crippen molar-refractivity contribution < 1.29 is 29.9 Å². The van der Waals surface area contributed by atoms with E-state index in [2.05, 4.69) is 0 Å². The summed E-state index contributed by atoms with van der Waals surface area (Å²) < 4.78 is 0. The van der Waals surface area contributed by atoms with Crippen molar-refractivity contribution in [2.75, 3.05) is 0 Å². The number of benzene rings is 1. The average molecular weight is 329 g/mol. The molecule has 76 valence electrons. The molecule has 14 heavy (non-hydrogen) atoms. The van der Waals surface area contributed by atoms with E-state index in [1.807, 2.05) is 0 Å². The minimum absolute atomic E-state index is 0. The molecule has 0 bridgehead atoms. The molecular formula is C7H9BaFO5. The molecule has 5 nitrogen and oxygen atoms in total. The standard InChI is InChI=1S/C7H6O5.Ba.FH.2H/c8-4-1-3(7(11)12)2-5(9)6(4)10;;;;/h1-2,8-10H,(H,11,12);;1H;;. The summed E-state index contributed by atoms with van der Waals surface area (Å²) in [6.45, 7) is 0. The van der Waals surface area contributed by atoms with Crippen molar-refractivity contribution in [2.45, 2.75) is 0 Å². The number of phenols is 3. The number of carboxylic acids is 1. The second kappa shape index (κ2) is 6.15. The predicted octanol–water partition coefficient (Wildman–Crippen LogP) is -0.262. The number of carboxylic acid groups (broad SMARTS) is 1. The molecule has 0 spiro atoms. The number of carbonyl (C=O) groups is 1. The summed E-state index contributed by atoms with van der Waals surface area (Å²) in [4.78, 5) is 10.3. The number of aromatic hydroxyl groups is 3. The zero-order valence-corrected chi connectivity index (χ0v) is 6.26. The van der Waals surface area contributed by atoms with E-state index in [4.69, 9.17) is 20.4 Å². The Morgan fingerprint density at radius 1 is 1.07 bits per heavy atom. The van der Waals surface area contributed by atoms with E-state index in [9.17, 15) is 4.79 Å². The van der Waals surface area contributed by atoms with Gasteiger partial charge in [-0.2, -0.15) is 0 Å². The van der Waals surface area contributed by atoms with Crippen LogP contribution in [0.3, 0.4) is 0 Å². The Morgan fingerprint density at radius 2 is 1.43 bits per heavy atom. The van der Waals surface area contributed by atoms with Crippen LogP contribution in [0.1, 0.15) is 10.4 Å². The van der Waals surface area contributed by atoms with Crippen LogP contribution >= 0.6 is 0 Å². The predicted molar refractivity (Wildman–Crippen MR) is 49.4 cm³/mol. The first-order chi connectivity index (χ1) is 5.52. The van der Waals surface area contributed by atoms with Crippen LogP contribution in [-0.2, 0) is 0 Å². The van der Waals surface area contributed by atoms with Crippen molar-refractivity contribution in [3.05, 3.63) is 17.7 Å². The van der Waals surface area contributed by atoms with Crippen molar-refractivity contribution in [3.63, 3.8) is 0 Å². The zero-order chi connectivity index (χ0) is 9.30. The first kappa shape index (κ1) is 16.0. The Morgan fingerprint density at radius 3 is 1.71 bits per heavy atom. The molecule has 0 aliphatic heterocycles. The molecule has 0 aromatic heterocycles. The van der Waals surface area contributed by atoms with Crippen LogP contribution in [0.15, 0.2) is 12.1 Å². The topological polar surface area (TPSA) is 98.0 Å². The maximum atomic E-state index is 10.3. The molecule has 1 aromatic rings. The van der Waals surface area contributed by atoms with E-state index < -0.39 is 23.2 Å². The molecule has 0 aliphatic carbocycles. The van der Waals surface area contributed by atoms with E-state index in [1.54, 1.807) is 0 Å². The molecule has 0 unspecified atom stereocenters. The maximum absolute atomic E-state index is 10.3. The van der Waals surface area contributed by atoms with E-state index in [0.29, 0.717) is 0 Å². The van der Waals surface area contributed by atoms with Gasteiger partial charge in [-0.3, -0.25) is 4.70 Å². The van der Waals surface area contributed by atoms with Crippen LogP contribution in [0.4, 0.5) is 4.70 Å². The number of aromatic carboxylic acids is 1. The van der Waals surface area contributed by atoms with Gasteiger partial charge in [0, 0.05) is 0 Å². The SMILES string of the molecule is F.O=C(O)c1cc(O)c(O)c(O)c1.[BaH2]. The van der Waals surface area contributed by atoms with Gasteiger partial charge in [0.05, 0.1) is 5.56 Å². The van der Waals surface area contributed by atoms with Gasteiger partial charge in [-0.05, 0) is 12.1 Å². The van der Waals surface area contributed by atoms with Gasteiger partial charge in [0.1, 0.15) is 0 Å². The van der Waals surface area contributed by atoms with Crippen LogP contribution in [0.5, 0.6) is 17.2 Å². The minimum atomic E-state index is -1.29. The first-order valence-electron chi connectivity index (χ1n) is 3.00. The van der Waals surface area contributed by atoms with Crippen molar-refractivity contribution in [2.24, 2.45) is 0 Å².